The van der Waals surface area contributed by atoms with Crippen molar-refractivity contribution in [2.75, 3.05) is 59.7 Å². The Balaban J connectivity index is 2.01. The second-order valence-corrected chi connectivity index (χ2v) is 5.06. The first-order valence-electron chi connectivity index (χ1n) is 7.36. The van der Waals surface area contributed by atoms with E-state index in [-0.39, 0.29) is 0 Å². The van der Waals surface area contributed by atoms with Crippen LogP contribution < -0.4 is 5.32 Å². The van der Waals surface area contributed by atoms with E-state index in [0.29, 0.717) is 6.61 Å². The molecule has 4 nitrogen and oxygen atoms in total. The summed E-state index contributed by atoms with van der Waals surface area (Å²) in [5.41, 5.74) is 0. The van der Waals surface area contributed by atoms with Gasteiger partial charge in [0, 0.05) is 26.8 Å². The Hall–Kier alpha value is -0.160. The first-order valence-corrected chi connectivity index (χ1v) is 7.36. The van der Waals surface area contributed by atoms with Crippen molar-refractivity contribution in [2.45, 2.75) is 26.2 Å². The van der Waals surface area contributed by atoms with Gasteiger partial charge in [-0.3, -0.25) is 0 Å². The van der Waals surface area contributed by atoms with Crippen LogP contribution in [0.25, 0.3) is 0 Å². The van der Waals surface area contributed by atoms with Gasteiger partial charge < -0.3 is 19.7 Å². The predicted octanol–water partition coefficient (Wildman–Crippen LogP) is 1.36. The van der Waals surface area contributed by atoms with Crippen molar-refractivity contribution >= 4 is 0 Å². The zero-order valence-corrected chi connectivity index (χ0v) is 12.1. The minimum atomic E-state index is 0.700. The highest BCUT2D eigenvalue weighted by molar-refractivity contribution is 4.72. The Morgan fingerprint density at radius 2 is 2.17 bits per heavy atom. The number of hydrogen-bond donors (Lipinski definition) is 1. The third-order valence-corrected chi connectivity index (χ3v) is 3.56. The standard InChI is InChI=1S/C14H30N2O2/c1-3-16(8-5-9-18-11-10-17-2)13-14-6-4-7-15-12-14/h14-15H,3-13H2,1-2H3. The smallest absolute Gasteiger partial charge is 0.0700 e. The molecule has 18 heavy (non-hydrogen) atoms. The van der Waals surface area contributed by atoms with E-state index in [0.717, 1.165) is 38.6 Å². The van der Waals surface area contributed by atoms with Gasteiger partial charge in [0.05, 0.1) is 13.2 Å². The summed E-state index contributed by atoms with van der Waals surface area (Å²) in [7, 11) is 1.71. The number of piperidine rings is 1. The molecule has 0 aromatic rings. The fraction of sp³-hybridized carbons (Fsp3) is 1.00. The largest absolute Gasteiger partial charge is 0.382 e. The third kappa shape index (κ3) is 7.31. The van der Waals surface area contributed by atoms with Crippen LogP contribution in [0.15, 0.2) is 0 Å². The summed E-state index contributed by atoms with van der Waals surface area (Å²) in [6.45, 7) is 10.5. The van der Waals surface area contributed by atoms with Gasteiger partial charge in [-0.2, -0.15) is 0 Å². The van der Waals surface area contributed by atoms with Crippen molar-refractivity contribution in [3.63, 3.8) is 0 Å². The topological polar surface area (TPSA) is 33.7 Å². The van der Waals surface area contributed by atoms with Gasteiger partial charge in [-0.25, -0.2) is 0 Å². The fourth-order valence-corrected chi connectivity index (χ4v) is 2.46. The van der Waals surface area contributed by atoms with Gasteiger partial charge in [0.2, 0.25) is 0 Å². The van der Waals surface area contributed by atoms with Crippen LogP contribution in [-0.2, 0) is 9.47 Å². The molecule has 1 heterocycles. The Morgan fingerprint density at radius 3 is 2.83 bits per heavy atom. The van der Waals surface area contributed by atoms with E-state index in [1.807, 2.05) is 0 Å². The molecular formula is C14H30N2O2. The monoisotopic (exact) mass is 258 g/mol. The molecule has 0 aliphatic carbocycles. The van der Waals surface area contributed by atoms with Crippen molar-refractivity contribution in [3.05, 3.63) is 0 Å². The number of hydrogen-bond acceptors (Lipinski definition) is 4. The summed E-state index contributed by atoms with van der Waals surface area (Å²) < 4.78 is 10.4. The first kappa shape index (κ1) is 15.9. The number of methoxy groups -OCH3 is 1. The molecule has 1 N–H and O–H groups in total. The number of nitrogens with one attached hydrogen (secondary N) is 1. The third-order valence-electron chi connectivity index (χ3n) is 3.56. The lowest BCUT2D eigenvalue weighted by Crippen LogP contribution is -2.38. The van der Waals surface area contributed by atoms with E-state index in [1.54, 1.807) is 7.11 Å². The molecule has 1 saturated heterocycles. The number of nitrogens with zero attached hydrogens (tertiary/aromatic N) is 1. The minimum Gasteiger partial charge on any atom is -0.382 e. The summed E-state index contributed by atoms with van der Waals surface area (Å²) >= 11 is 0. The minimum absolute atomic E-state index is 0.700. The molecule has 1 unspecified atom stereocenters. The van der Waals surface area contributed by atoms with Gasteiger partial charge in [0.1, 0.15) is 0 Å². The Morgan fingerprint density at radius 1 is 1.28 bits per heavy atom. The second kappa shape index (κ2) is 10.7. The number of rotatable bonds is 10. The van der Waals surface area contributed by atoms with E-state index in [2.05, 4.69) is 17.1 Å². The van der Waals surface area contributed by atoms with Crippen molar-refractivity contribution < 1.29 is 9.47 Å². The molecule has 4 heteroatoms. The summed E-state index contributed by atoms with van der Waals surface area (Å²) in [6, 6.07) is 0. The summed E-state index contributed by atoms with van der Waals surface area (Å²) in [4.78, 5) is 2.55. The summed E-state index contributed by atoms with van der Waals surface area (Å²) in [6.07, 6.45) is 3.84. The zero-order valence-electron chi connectivity index (χ0n) is 12.1. The van der Waals surface area contributed by atoms with Crippen LogP contribution in [0.4, 0.5) is 0 Å². The molecule has 1 aliphatic rings. The van der Waals surface area contributed by atoms with E-state index in [4.69, 9.17) is 9.47 Å². The molecule has 0 aromatic heterocycles. The molecule has 0 amide bonds. The maximum atomic E-state index is 5.49. The quantitative estimate of drug-likeness (QED) is 0.600. The second-order valence-electron chi connectivity index (χ2n) is 5.06. The molecule has 0 saturated carbocycles. The molecular weight excluding hydrogens is 228 g/mol. The highest BCUT2D eigenvalue weighted by Crippen LogP contribution is 2.11. The lowest BCUT2D eigenvalue weighted by Gasteiger charge is -2.29. The van der Waals surface area contributed by atoms with Crippen molar-refractivity contribution in [1.82, 2.24) is 10.2 Å². The van der Waals surface area contributed by atoms with Gasteiger partial charge in [0.15, 0.2) is 0 Å². The SMILES string of the molecule is CCN(CCCOCCOC)CC1CCCNC1. The van der Waals surface area contributed by atoms with Crippen molar-refractivity contribution in [1.29, 1.82) is 0 Å². The molecule has 1 rings (SSSR count). The molecule has 1 aliphatic heterocycles. The van der Waals surface area contributed by atoms with Crippen LogP contribution in [-0.4, -0.2) is 64.6 Å². The number of ether oxygens (including phenoxy) is 2. The maximum Gasteiger partial charge on any atom is 0.0700 e. The van der Waals surface area contributed by atoms with Crippen LogP contribution in [0.2, 0.25) is 0 Å². The van der Waals surface area contributed by atoms with E-state index in [9.17, 15) is 0 Å². The Labute approximate surface area is 112 Å². The van der Waals surface area contributed by atoms with Crippen LogP contribution in [0.3, 0.4) is 0 Å². The van der Waals surface area contributed by atoms with Crippen molar-refractivity contribution in [3.8, 4) is 0 Å². The highest BCUT2D eigenvalue weighted by Gasteiger charge is 2.15. The van der Waals surface area contributed by atoms with Crippen LogP contribution >= 0.6 is 0 Å². The van der Waals surface area contributed by atoms with E-state index in [1.165, 1.54) is 32.5 Å². The average molecular weight is 258 g/mol. The first-order chi connectivity index (χ1) is 8.86. The molecule has 108 valence electrons. The van der Waals surface area contributed by atoms with Gasteiger partial charge in [0.25, 0.3) is 0 Å². The van der Waals surface area contributed by atoms with Gasteiger partial charge in [-0.1, -0.05) is 6.92 Å². The molecule has 0 radical (unpaired) electrons. The molecule has 1 atom stereocenters. The zero-order chi connectivity index (χ0) is 13.1. The predicted molar refractivity (Wildman–Crippen MR) is 75.0 cm³/mol. The van der Waals surface area contributed by atoms with E-state index >= 15 is 0 Å². The highest BCUT2D eigenvalue weighted by atomic mass is 16.5. The van der Waals surface area contributed by atoms with Gasteiger partial charge in [-0.05, 0) is 44.8 Å². The molecule has 0 spiro atoms. The van der Waals surface area contributed by atoms with Crippen LogP contribution in [0.1, 0.15) is 26.2 Å². The maximum absolute atomic E-state index is 5.49. The molecule has 1 fully saturated rings. The van der Waals surface area contributed by atoms with Crippen LogP contribution in [0.5, 0.6) is 0 Å². The van der Waals surface area contributed by atoms with E-state index < -0.39 is 0 Å². The average Bonchev–Trinajstić information content (AvgIpc) is 2.42. The van der Waals surface area contributed by atoms with Gasteiger partial charge >= 0.3 is 0 Å². The molecule has 0 aromatic carbocycles. The fourth-order valence-electron chi connectivity index (χ4n) is 2.46. The Kier molecular flexibility index (Phi) is 9.48. The lowest BCUT2D eigenvalue weighted by atomic mass is 9.99. The summed E-state index contributed by atoms with van der Waals surface area (Å²) in [5, 5.41) is 3.49. The molecule has 0 bridgehead atoms. The van der Waals surface area contributed by atoms with Crippen LogP contribution in [0, 0.1) is 5.92 Å². The Bertz CT molecular complexity index is 185. The van der Waals surface area contributed by atoms with Gasteiger partial charge in [-0.15, -0.1) is 0 Å². The normalized spacial score (nSPS) is 20.5. The lowest BCUT2D eigenvalue weighted by molar-refractivity contribution is 0.0644. The van der Waals surface area contributed by atoms with Crippen molar-refractivity contribution in [2.24, 2.45) is 5.92 Å². The summed E-state index contributed by atoms with van der Waals surface area (Å²) in [5.74, 6) is 0.841.